The van der Waals surface area contributed by atoms with Crippen molar-refractivity contribution in [1.29, 1.82) is 0 Å². The van der Waals surface area contributed by atoms with Crippen LogP contribution in [0.5, 0.6) is 0 Å². The Bertz CT molecular complexity index is 426. The molecule has 0 radical (unpaired) electrons. The van der Waals surface area contributed by atoms with Crippen LogP contribution in [0.1, 0.15) is 57.8 Å². The van der Waals surface area contributed by atoms with Gasteiger partial charge in [0.2, 0.25) is 11.8 Å². The van der Waals surface area contributed by atoms with Crippen LogP contribution in [0.25, 0.3) is 0 Å². The first-order valence-electron chi connectivity index (χ1n) is 9.52. The monoisotopic (exact) mass is 357 g/mol. The van der Waals surface area contributed by atoms with Gasteiger partial charge in [0.1, 0.15) is 0 Å². The van der Waals surface area contributed by atoms with Crippen molar-refractivity contribution < 1.29 is 9.59 Å². The molecule has 3 fully saturated rings. The van der Waals surface area contributed by atoms with Crippen LogP contribution in [0.3, 0.4) is 0 Å². The molecule has 1 atom stereocenters. The Labute approximate surface area is 151 Å². The number of hydrogen-bond acceptors (Lipinski definition) is 3. The molecule has 5 nitrogen and oxygen atoms in total. The Morgan fingerprint density at radius 2 is 1.92 bits per heavy atom. The van der Waals surface area contributed by atoms with E-state index in [1.807, 2.05) is 9.80 Å². The van der Waals surface area contributed by atoms with E-state index in [0.29, 0.717) is 18.9 Å². The fourth-order valence-electron chi connectivity index (χ4n) is 4.44. The van der Waals surface area contributed by atoms with Gasteiger partial charge in [0, 0.05) is 38.6 Å². The molecule has 6 heteroatoms. The first kappa shape index (κ1) is 19.5. The number of piperidine rings is 1. The van der Waals surface area contributed by atoms with E-state index in [0.717, 1.165) is 51.4 Å². The van der Waals surface area contributed by atoms with Crippen molar-refractivity contribution >= 4 is 24.2 Å². The molecule has 1 N–H and O–H groups in total. The molecule has 1 unspecified atom stereocenters. The second-order valence-electron chi connectivity index (χ2n) is 7.44. The normalized spacial score (nSPS) is 25.7. The second kappa shape index (κ2) is 9.62. The number of likely N-dealkylation sites (tertiary alicyclic amines) is 1. The maximum atomic E-state index is 12.5. The van der Waals surface area contributed by atoms with Gasteiger partial charge >= 0.3 is 0 Å². The molecule has 3 rings (SSSR count). The Morgan fingerprint density at radius 1 is 1.12 bits per heavy atom. The number of hydrogen-bond donors (Lipinski definition) is 1. The highest BCUT2D eigenvalue weighted by Crippen LogP contribution is 2.29. The summed E-state index contributed by atoms with van der Waals surface area (Å²) < 4.78 is 0. The number of carbonyl (C=O) groups excluding carboxylic acids is 2. The molecule has 0 bridgehead atoms. The zero-order chi connectivity index (χ0) is 16.1. The van der Waals surface area contributed by atoms with Gasteiger partial charge in [-0.1, -0.05) is 25.7 Å². The first-order valence-corrected chi connectivity index (χ1v) is 9.52. The molecule has 1 aliphatic carbocycles. The van der Waals surface area contributed by atoms with Gasteiger partial charge in [-0.3, -0.25) is 9.59 Å². The SMILES string of the molecule is Cl.O=C(CCCC1CCCC1)N1CCCC(N2CCNCC2=O)C1. The number of amides is 2. The van der Waals surface area contributed by atoms with Gasteiger partial charge in [0.15, 0.2) is 0 Å². The predicted octanol–water partition coefficient (Wildman–Crippen LogP) is 2.19. The average molecular weight is 358 g/mol. The summed E-state index contributed by atoms with van der Waals surface area (Å²) in [6.45, 7) is 3.73. The largest absolute Gasteiger partial charge is 0.341 e. The minimum absolute atomic E-state index is 0. The fourth-order valence-corrected chi connectivity index (χ4v) is 4.44. The molecule has 138 valence electrons. The molecule has 0 aromatic heterocycles. The van der Waals surface area contributed by atoms with E-state index in [4.69, 9.17) is 0 Å². The van der Waals surface area contributed by atoms with Crippen LogP contribution < -0.4 is 5.32 Å². The average Bonchev–Trinajstić information content (AvgIpc) is 3.09. The van der Waals surface area contributed by atoms with Crippen molar-refractivity contribution in [2.75, 3.05) is 32.7 Å². The lowest BCUT2D eigenvalue weighted by Gasteiger charge is -2.41. The minimum atomic E-state index is 0. The molecule has 1 saturated carbocycles. The number of piperazine rings is 1. The molecule has 24 heavy (non-hydrogen) atoms. The number of halogens is 1. The summed E-state index contributed by atoms with van der Waals surface area (Å²) in [6, 6.07) is 0.233. The quantitative estimate of drug-likeness (QED) is 0.820. The van der Waals surface area contributed by atoms with Crippen molar-refractivity contribution in [3.8, 4) is 0 Å². The third-order valence-electron chi connectivity index (χ3n) is 5.79. The zero-order valence-corrected chi connectivity index (χ0v) is 15.5. The third-order valence-corrected chi connectivity index (χ3v) is 5.79. The van der Waals surface area contributed by atoms with Crippen molar-refractivity contribution in [2.45, 2.75) is 63.8 Å². The highest BCUT2D eigenvalue weighted by molar-refractivity contribution is 5.85. The molecule has 2 amide bonds. The molecule has 0 aromatic rings. The van der Waals surface area contributed by atoms with Crippen LogP contribution in [-0.4, -0.2) is 60.4 Å². The van der Waals surface area contributed by atoms with E-state index in [1.165, 1.54) is 32.1 Å². The van der Waals surface area contributed by atoms with E-state index < -0.39 is 0 Å². The van der Waals surface area contributed by atoms with Crippen molar-refractivity contribution in [3.63, 3.8) is 0 Å². The third kappa shape index (κ3) is 5.09. The predicted molar refractivity (Wildman–Crippen MR) is 97.2 cm³/mol. The van der Waals surface area contributed by atoms with E-state index >= 15 is 0 Å². The Hall–Kier alpha value is -0.810. The highest BCUT2D eigenvalue weighted by atomic mass is 35.5. The van der Waals surface area contributed by atoms with Crippen LogP contribution >= 0.6 is 12.4 Å². The molecule has 2 aliphatic heterocycles. The lowest BCUT2D eigenvalue weighted by atomic mass is 9.99. The maximum absolute atomic E-state index is 12.5. The summed E-state index contributed by atoms with van der Waals surface area (Å²) >= 11 is 0. The van der Waals surface area contributed by atoms with Crippen molar-refractivity contribution in [1.82, 2.24) is 15.1 Å². The molecular weight excluding hydrogens is 326 g/mol. The van der Waals surface area contributed by atoms with Gasteiger partial charge in [-0.15, -0.1) is 12.4 Å². The standard InChI is InChI=1S/C18H31N3O2.ClH/c22-17(9-3-7-15-5-1-2-6-15)20-11-4-8-16(14-20)21-12-10-19-13-18(21)23;/h15-16,19H,1-14H2;1H. The second-order valence-corrected chi connectivity index (χ2v) is 7.44. The van der Waals surface area contributed by atoms with Gasteiger partial charge in [-0.2, -0.15) is 0 Å². The van der Waals surface area contributed by atoms with Crippen molar-refractivity contribution in [2.24, 2.45) is 5.92 Å². The van der Waals surface area contributed by atoms with Gasteiger partial charge in [0.05, 0.1) is 6.54 Å². The van der Waals surface area contributed by atoms with Crippen molar-refractivity contribution in [3.05, 3.63) is 0 Å². The first-order chi connectivity index (χ1) is 11.2. The summed E-state index contributed by atoms with van der Waals surface area (Å²) in [5, 5.41) is 3.12. The topological polar surface area (TPSA) is 52.7 Å². The molecular formula is C18H32ClN3O2. The van der Waals surface area contributed by atoms with E-state index in [1.54, 1.807) is 0 Å². The number of rotatable bonds is 5. The summed E-state index contributed by atoms with van der Waals surface area (Å²) in [4.78, 5) is 28.5. The fraction of sp³-hybridized carbons (Fsp3) is 0.889. The summed E-state index contributed by atoms with van der Waals surface area (Å²) in [5.74, 6) is 1.36. The zero-order valence-electron chi connectivity index (χ0n) is 14.7. The van der Waals surface area contributed by atoms with Gasteiger partial charge in [-0.25, -0.2) is 0 Å². The molecule has 0 aromatic carbocycles. The smallest absolute Gasteiger partial charge is 0.236 e. The Morgan fingerprint density at radius 3 is 2.67 bits per heavy atom. The summed E-state index contributed by atoms with van der Waals surface area (Å²) in [6.07, 6.45) is 10.5. The van der Waals surface area contributed by atoms with Gasteiger partial charge in [-0.05, 0) is 31.6 Å². The number of carbonyl (C=O) groups is 2. The highest BCUT2D eigenvalue weighted by Gasteiger charge is 2.31. The van der Waals surface area contributed by atoms with Crippen LogP contribution in [0, 0.1) is 5.92 Å². The number of nitrogens with one attached hydrogen (secondary N) is 1. The van der Waals surface area contributed by atoms with Crippen LogP contribution in [0.15, 0.2) is 0 Å². The lowest BCUT2D eigenvalue weighted by molar-refractivity contribution is -0.140. The van der Waals surface area contributed by atoms with E-state index in [9.17, 15) is 9.59 Å². The number of nitrogens with zero attached hydrogens (tertiary/aromatic N) is 2. The van der Waals surface area contributed by atoms with Crippen LogP contribution in [-0.2, 0) is 9.59 Å². The molecule has 3 aliphatic rings. The Kier molecular flexibility index (Phi) is 7.82. The summed E-state index contributed by atoms with van der Waals surface area (Å²) in [5.41, 5.74) is 0. The van der Waals surface area contributed by atoms with Gasteiger partial charge < -0.3 is 15.1 Å². The Balaban J connectivity index is 0.00000208. The minimum Gasteiger partial charge on any atom is -0.341 e. The van der Waals surface area contributed by atoms with E-state index in [2.05, 4.69) is 5.32 Å². The lowest BCUT2D eigenvalue weighted by Crippen LogP contribution is -2.57. The molecule has 2 saturated heterocycles. The van der Waals surface area contributed by atoms with Crippen LogP contribution in [0.2, 0.25) is 0 Å². The molecule has 0 spiro atoms. The summed E-state index contributed by atoms with van der Waals surface area (Å²) in [7, 11) is 0. The maximum Gasteiger partial charge on any atom is 0.236 e. The van der Waals surface area contributed by atoms with E-state index in [-0.39, 0.29) is 24.4 Å². The van der Waals surface area contributed by atoms with Crippen LogP contribution in [0.4, 0.5) is 0 Å². The van der Waals surface area contributed by atoms with Gasteiger partial charge in [0.25, 0.3) is 0 Å². The molecule has 2 heterocycles.